The summed E-state index contributed by atoms with van der Waals surface area (Å²) in [5, 5.41) is 36.7. The molecule has 0 heterocycles. The van der Waals surface area contributed by atoms with Gasteiger partial charge in [0.05, 0.1) is 18.9 Å². The highest BCUT2D eigenvalue weighted by molar-refractivity contribution is 7.98. The van der Waals surface area contributed by atoms with Crippen molar-refractivity contribution in [2.24, 2.45) is 38.7 Å². The topological polar surface area (TPSA) is 383 Å². The van der Waals surface area contributed by atoms with E-state index < -0.39 is 84.6 Å². The number of nitrogens with zero attached hydrogens (tertiary/aromatic N) is 2. The van der Waals surface area contributed by atoms with Gasteiger partial charge in [-0.15, -0.1) is 0 Å². The number of nitrogens with one attached hydrogen (secondary N) is 4. The molecule has 0 unspecified atom stereocenters. The van der Waals surface area contributed by atoms with Crippen LogP contribution >= 0.6 is 11.8 Å². The van der Waals surface area contributed by atoms with E-state index in [1.54, 1.807) is 6.26 Å². The van der Waals surface area contributed by atoms with E-state index in [-0.39, 0.29) is 56.4 Å². The molecule has 0 radical (unpaired) electrons. The van der Waals surface area contributed by atoms with Gasteiger partial charge in [-0.1, -0.05) is 0 Å². The first kappa shape index (κ1) is 42.1. The van der Waals surface area contributed by atoms with Crippen molar-refractivity contribution in [1.29, 1.82) is 0 Å². The Bertz CT molecular complexity index is 1160. The van der Waals surface area contributed by atoms with Crippen molar-refractivity contribution in [1.82, 2.24) is 21.3 Å². The van der Waals surface area contributed by atoms with Crippen LogP contribution in [0.2, 0.25) is 0 Å². The first-order valence-electron chi connectivity index (χ1n) is 14.2. The number of aliphatic carboxylic acids is 3. The van der Waals surface area contributed by atoms with Crippen LogP contribution in [0.25, 0.3) is 0 Å². The highest BCUT2D eigenvalue weighted by Crippen LogP contribution is 2.07. The molecule has 5 atom stereocenters. The molecule has 47 heavy (non-hydrogen) atoms. The molecule has 0 aliphatic rings. The molecule has 17 N–H and O–H groups in total. The van der Waals surface area contributed by atoms with E-state index in [0.717, 1.165) is 0 Å². The first-order chi connectivity index (χ1) is 22.0. The molecule has 0 aromatic carbocycles. The molecular weight excluding hydrogens is 646 g/mol. The van der Waals surface area contributed by atoms with E-state index in [1.165, 1.54) is 11.8 Å². The third kappa shape index (κ3) is 19.3. The standard InChI is InChI=1S/C25H45N11O10S/c1-47-9-6-14(21(43)36-16(23(45)46)11-18(39)40)34-22(44)15(10-17(37)38)35-20(42)13(5-3-8-32-25(29)30)33-19(41)12(26)4-2-7-31-24(27)28/h12-16H,2-11,26H2,1H3,(H,33,41)(H,34,44)(H,35,42)(H,36,43)(H,37,38)(H,39,40)(H,45,46)(H4,27,28,31)(H4,29,30,32)/t12-,13-,14+,15-,16-/m0/s1. The predicted molar refractivity (Wildman–Crippen MR) is 171 cm³/mol. The monoisotopic (exact) mass is 691 g/mol. The van der Waals surface area contributed by atoms with Gasteiger partial charge in [0.1, 0.15) is 24.2 Å². The average Bonchev–Trinajstić information content (AvgIpc) is 2.96. The summed E-state index contributed by atoms with van der Waals surface area (Å²) >= 11 is 1.27. The lowest BCUT2D eigenvalue weighted by Crippen LogP contribution is -2.59. The normalized spacial score (nSPS) is 13.7. The van der Waals surface area contributed by atoms with Crippen molar-refractivity contribution >= 4 is 65.2 Å². The number of nitrogens with two attached hydrogens (primary N) is 5. The molecule has 0 aliphatic heterocycles. The molecule has 0 aromatic rings. The maximum atomic E-state index is 13.3. The van der Waals surface area contributed by atoms with Crippen molar-refractivity contribution < 1.29 is 48.9 Å². The van der Waals surface area contributed by atoms with Crippen LogP contribution in [0.1, 0.15) is 44.9 Å². The Morgan fingerprint density at radius 1 is 0.617 bits per heavy atom. The Morgan fingerprint density at radius 3 is 1.49 bits per heavy atom. The summed E-state index contributed by atoms with van der Waals surface area (Å²) in [5.74, 6) is -8.57. The third-order valence-corrected chi connectivity index (χ3v) is 6.78. The SMILES string of the molecule is CSCC[C@@H](NC(=O)[C@H](CC(=O)O)NC(=O)[C@H](CCCN=C(N)N)NC(=O)[C@@H](N)CCCN=C(N)N)C(=O)N[C@@H](CC(=O)O)C(=O)O. The van der Waals surface area contributed by atoms with Gasteiger partial charge in [0.25, 0.3) is 0 Å². The van der Waals surface area contributed by atoms with Gasteiger partial charge in [0.15, 0.2) is 11.9 Å². The number of carboxylic acid groups (broad SMARTS) is 3. The van der Waals surface area contributed by atoms with Gasteiger partial charge in [-0.05, 0) is 44.1 Å². The lowest BCUT2D eigenvalue weighted by Gasteiger charge is -2.25. The molecule has 22 heteroatoms. The van der Waals surface area contributed by atoms with Gasteiger partial charge in [0, 0.05) is 13.1 Å². The van der Waals surface area contributed by atoms with Gasteiger partial charge < -0.3 is 65.3 Å². The number of carboxylic acids is 3. The largest absolute Gasteiger partial charge is 0.481 e. The summed E-state index contributed by atoms with van der Waals surface area (Å²) in [7, 11) is 0. The molecular formula is C25H45N11O10S. The van der Waals surface area contributed by atoms with Crippen LogP contribution in [-0.4, -0.2) is 124 Å². The zero-order valence-corrected chi connectivity index (χ0v) is 26.7. The lowest BCUT2D eigenvalue weighted by atomic mass is 10.1. The third-order valence-electron chi connectivity index (χ3n) is 6.13. The van der Waals surface area contributed by atoms with Crippen molar-refractivity contribution in [3.05, 3.63) is 0 Å². The number of guanidine groups is 2. The Balaban J connectivity index is 5.94. The molecule has 0 saturated carbocycles. The zero-order valence-electron chi connectivity index (χ0n) is 25.8. The molecule has 266 valence electrons. The predicted octanol–water partition coefficient (Wildman–Crippen LogP) is -4.85. The Morgan fingerprint density at radius 2 is 1.02 bits per heavy atom. The van der Waals surface area contributed by atoms with Crippen molar-refractivity contribution in [3.63, 3.8) is 0 Å². The molecule has 0 rings (SSSR count). The van der Waals surface area contributed by atoms with Gasteiger partial charge >= 0.3 is 17.9 Å². The fraction of sp³-hybridized carbons (Fsp3) is 0.640. The summed E-state index contributed by atoms with van der Waals surface area (Å²) in [6, 6.07) is -7.41. The van der Waals surface area contributed by atoms with Crippen molar-refractivity contribution in [2.45, 2.75) is 75.2 Å². The Hall–Kier alpha value is -4.86. The zero-order chi connectivity index (χ0) is 36.1. The summed E-state index contributed by atoms with van der Waals surface area (Å²) in [4.78, 5) is 93.8. The Labute approximate surface area is 274 Å². The van der Waals surface area contributed by atoms with E-state index in [1.807, 2.05) is 5.32 Å². The number of rotatable bonds is 24. The second kappa shape index (κ2) is 22.6. The number of amides is 4. The minimum atomic E-state index is -1.82. The van der Waals surface area contributed by atoms with Gasteiger partial charge in [0.2, 0.25) is 23.6 Å². The number of hydrogen-bond donors (Lipinski definition) is 12. The maximum absolute atomic E-state index is 13.3. The number of carbonyl (C=O) groups excluding carboxylic acids is 4. The van der Waals surface area contributed by atoms with Crippen molar-refractivity contribution in [2.75, 3.05) is 25.1 Å². The van der Waals surface area contributed by atoms with Crippen molar-refractivity contribution in [3.8, 4) is 0 Å². The molecule has 0 aliphatic carbocycles. The minimum absolute atomic E-state index is 0.0591. The van der Waals surface area contributed by atoms with E-state index in [4.69, 9.17) is 33.8 Å². The van der Waals surface area contributed by atoms with Gasteiger partial charge in [-0.3, -0.25) is 38.8 Å². The maximum Gasteiger partial charge on any atom is 0.326 e. The number of hydrogen-bond acceptors (Lipinski definition) is 11. The molecule has 0 fully saturated rings. The molecule has 21 nitrogen and oxygen atoms in total. The van der Waals surface area contributed by atoms with Crippen LogP contribution < -0.4 is 49.9 Å². The lowest BCUT2D eigenvalue weighted by molar-refractivity contribution is -0.147. The highest BCUT2D eigenvalue weighted by Gasteiger charge is 2.33. The van der Waals surface area contributed by atoms with Crippen LogP contribution in [0.15, 0.2) is 9.98 Å². The number of carbonyl (C=O) groups is 7. The first-order valence-corrected chi connectivity index (χ1v) is 15.6. The van der Waals surface area contributed by atoms with E-state index in [0.29, 0.717) is 6.42 Å². The minimum Gasteiger partial charge on any atom is -0.481 e. The van der Waals surface area contributed by atoms with Crippen LogP contribution in [0.3, 0.4) is 0 Å². The van der Waals surface area contributed by atoms with E-state index in [2.05, 4.69) is 25.9 Å². The van der Waals surface area contributed by atoms with Gasteiger partial charge in [-0.25, -0.2) is 4.79 Å². The molecule has 0 spiro atoms. The summed E-state index contributed by atoms with van der Waals surface area (Å²) < 4.78 is 0. The molecule has 0 saturated heterocycles. The molecule has 0 bridgehead atoms. The Kier molecular flexibility index (Phi) is 20.3. The van der Waals surface area contributed by atoms with Crippen LogP contribution in [0.4, 0.5) is 0 Å². The smallest absolute Gasteiger partial charge is 0.326 e. The molecule has 0 aromatic heterocycles. The molecule has 4 amide bonds. The number of aliphatic imine (C=N–C) groups is 2. The fourth-order valence-electron chi connectivity index (χ4n) is 3.78. The summed E-state index contributed by atoms with van der Waals surface area (Å²) in [6.45, 7) is 0.265. The van der Waals surface area contributed by atoms with E-state index >= 15 is 0 Å². The van der Waals surface area contributed by atoms with Crippen LogP contribution in [0.5, 0.6) is 0 Å². The quantitative estimate of drug-likeness (QED) is 0.0256. The number of thioether (sulfide) groups is 1. The summed E-state index contributed by atoms with van der Waals surface area (Å²) in [5.41, 5.74) is 27.1. The second-order valence-corrected chi connectivity index (χ2v) is 11.0. The fourth-order valence-corrected chi connectivity index (χ4v) is 4.25. The van der Waals surface area contributed by atoms with E-state index in [9.17, 15) is 43.8 Å². The van der Waals surface area contributed by atoms with Crippen LogP contribution in [-0.2, 0) is 33.6 Å². The van der Waals surface area contributed by atoms with Crippen LogP contribution in [0, 0.1) is 0 Å². The highest BCUT2D eigenvalue weighted by atomic mass is 32.2. The van der Waals surface area contributed by atoms with Gasteiger partial charge in [-0.2, -0.15) is 11.8 Å². The average molecular weight is 692 g/mol. The summed E-state index contributed by atoms with van der Waals surface area (Å²) in [6.07, 6.45) is 0.331. The second-order valence-electron chi connectivity index (χ2n) is 10.1.